The van der Waals surface area contributed by atoms with E-state index in [-0.39, 0.29) is 13.5 Å². The van der Waals surface area contributed by atoms with Crippen LogP contribution in [0.25, 0.3) is 22.6 Å². The van der Waals surface area contributed by atoms with Gasteiger partial charge in [0, 0.05) is 36.6 Å². The summed E-state index contributed by atoms with van der Waals surface area (Å²) in [5, 5.41) is 4.61. The second kappa shape index (κ2) is 9.56. The fraction of sp³-hybridized carbons (Fsp3) is 0.435. The number of aryl methyl sites for hydroxylation is 2. The Hall–Kier alpha value is -2.85. The molecule has 1 unspecified atom stereocenters. The van der Waals surface area contributed by atoms with Crippen LogP contribution in [-0.4, -0.2) is 59.3 Å². The van der Waals surface area contributed by atoms with E-state index in [0.29, 0.717) is 35.2 Å². The summed E-state index contributed by atoms with van der Waals surface area (Å²) in [6.45, 7) is 7.51. The van der Waals surface area contributed by atoms with E-state index in [4.69, 9.17) is 4.98 Å². The number of piperidine rings is 1. The first-order valence-electron chi connectivity index (χ1n) is 11.0. The van der Waals surface area contributed by atoms with Crippen LogP contribution in [0, 0.1) is 25.6 Å². The van der Waals surface area contributed by atoms with Gasteiger partial charge in [0.05, 0.1) is 24.6 Å². The lowest BCUT2D eigenvalue weighted by Gasteiger charge is -2.29. The zero-order valence-corrected chi connectivity index (χ0v) is 20.2. The van der Waals surface area contributed by atoms with Crippen molar-refractivity contribution in [3.05, 3.63) is 53.8 Å². The lowest BCUT2D eigenvalue weighted by molar-refractivity contribution is 0.190. The molecule has 0 N–H and O–H groups in total. The van der Waals surface area contributed by atoms with Gasteiger partial charge in [-0.25, -0.2) is 19.3 Å². The van der Waals surface area contributed by atoms with Crippen molar-refractivity contribution in [1.29, 1.82) is 0 Å². The van der Waals surface area contributed by atoms with Gasteiger partial charge in [0.25, 0.3) is 0 Å². The molecule has 0 saturated carbocycles. The summed E-state index contributed by atoms with van der Waals surface area (Å²) in [7, 11) is 2.18. The van der Waals surface area contributed by atoms with Crippen molar-refractivity contribution >= 4 is 24.7 Å². The Morgan fingerprint density at radius 1 is 1.12 bits per heavy atom. The molecule has 174 valence electrons. The summed E-state index contributed by atoms with van der Waals surface area (Å²) in [5.41, 5.74) is 3.91. The van der Waals surface area contributed by atoms with E-state index in [9.17, 15) is 4.39 Å². The molecule has 0 radical (unpaired) electrons. The molecule has 5 rings (SSSR count). The van der Waals surface area contributed by atoms with Crippen molar-refractivity contribution in [2.45, 2.75) is 39.8 Å². The third kappa shape index (κ3) is 4.91. The van der Waals surface area contributed by atoms with Gasteiger partial charge in [0.2, 0.25) is 0 Å². The molecule has 0 aliphatic carbocycles. The van der Waals surface area contributed by atoms with Crippen molar-refractivity contribution in [2.75, 3.05) is 20.1 Å². The number of fused-ring (bicyclic) bond motifs is 1. The van der Waals surface area contributed by atoms with Crippen LogP contribution < -0.4 is 0 Å². The third-order valence-corrected chi connectivity index (χ3v) is 6.04. The summed E-state index contributed by atoms with van der Waals surface area (Å²) < 4.78 is 18.0. The highest BCUT2D eigenvalue weighted by Gasteiger charge is 2.20. The fourth-order valence-corrected chi connectivity index (χ4v) is 4.64. The Bertz CT molecular complexity index is 1270. The number of hydrogen-bond donors (Lipinski definition) is 0. The Morgan fingerprint density at radius 3 is 2.76 bits per heavy atom. The van der Waals surface area contributed by atoms with E-state index in [1.807, 2.05) is 29.3 Å². The highest BCUT2D eigenvalue weighted by molar-refractivity contribution is 7.59. The first-order valence-corrected chi connectivity index (χ1v) is 11.0. The van der Waals surface area contributed by atoms with Crippen LogP contribution in [0.3, 0.4) is 0 Å². The lowest BCUT2D eigenvalue weighted by atomic mass is 9.99. The SMILES string of the molecule is Cc1nc(C)c2nc(-c3cncc(F)c3)n(Cc3cnn(CC4CCCN(C)C4)c3)c2n1.S. The van der Waals surface area contributed by atoms with E-state index in [0.717, 1.165) is 30.0 Å². The number of hydrogen-bond acceptors (Lipinski definition) is 6. The molecular formula is C23H29FN8S. The molecule has 4 aromatic heterocycles. The number of halogens is 1. The topological polar surface area (TPSA) is 77.5 Å². The Morgan fingerprint density at radius 2 is 1.97 bits per heavy atom. The van der Waals surface area contributed by atoms with Crippen LogP contribution in [0.15, 0.2) is 30.9 Å². The molecule has 0 aromatic carbocycles. The fourth-order valence-electron chi connectivity index (χ4n) is 4.64. The van der Waals surface area contributed by atoms with Crippen LogP contribution in [0.4, 0.5) is 4.39 Å². The monoisotopic (exact) mass is 468 g/mol. The smallest absolute Gasteiger partial charge is 0.164 e. The van der Waals surface area contributed by atoms with Gasteiger partial charge < -0.3 is 9.47 Å². The van der Waals surface area contributed by atoms with E-state index in [2.05, 4.69) is 38.2 Å². The molecule has 4 aromatic rings. The summed E-state index contributed by atoms with van der Waals surface area (Å²) in [6.07, 6.45) is 9.28. The van der Waals surface area contributed by atoms with Crippen LogP contribution in [0.2, 0.25) is 0 Å². The van der Waals surface area contributed by atoms with Gasteiger partial charge in [-0.2, -0.15) is 18.6 Å². The summed E-state index contributed by atoms with van der Waals surface area (Å²) in [5.74, 6) is 1.52. The molecule has 8 nitrogen and oxygen atoms in total. The molecule has 1 aliphatic rings. The maximum absolute atomic E-state index is 13.9. The molecule has 0 spiro atoms. The molecule has 33 heavy (non-hydrogen) atoms. The zero-order chi connectivity index (χ0) is 22.2. The predicted molar refractivity (Wildman–Crippen MR) is 130 cm³/mol. The van der Waals surface area contributed by atoms with E-state index >= 15 is 0 Å². The number of likely N-dealkylation sites (tertiary alicyclic amines) is 1. The third-order valence-electron chi connectivity index (χ3n) is 6.04. The average molecular weight is 469 g/mol. The molecule has 10 heteroatoms. The first-order chi connectivity index (χ1) is 15.5. The maximum atomic E-state index is 13.9. The van der Waals surface area contributed by atoms with Crippen molar-refractivity contribution in [3.8, 4) is 11.4 Å². The van der Waals surface area contributed by atoms with Gasteiger partial charge in [-0.3, -0.25) is 9.67 Å². The summed E-state index contributed by atoms with van der Waals surface area (Å²) in [6, 6.07) is 1.45. The standard InChI is InChI=1S/C23H27FN8.H2S/c1-15-21-23(28-16(2)27-15)32(22(29-21)19-7-20(24)10-25-9-19)14-18-8-26-31(13-18)12-17-5-4-6-30(3)11-17;/h7-10,13,17H,4-6,11-12,14H2,1-3H3;1H2. The van der Waals surface area contributed by atoms with Gasteiger partial charge in [0.1, 0.15) is 23.0 Å². The van der Waals surface area contributed by atoms with E-state index in [1.165, 1.54) is 31.6 Å². The number of rotatable bonds is 5. The maximum Gasteiger partial charge on any atom is 0.164 e. The Labute approximate surface area is 199 Å². The van der Waals surface area contributed by atoms with Gasteiger partial charge in [-0.15, -0.1) is 0 Å². The second-order valence-electron chi connectivity index (χ2n) is 8.78. The summed E-state index contributed by atoms with van der Waals surface area (Å²) in [4.78, 5) is 20.3. The van der Waals surface area contributed by atoms with Gasteiger partial charge >= 0.3 is 0 Å². The van der Waals surface area contributed by atoms with E-state index in [1.54, 1.807) is 6.20 Å². The van der Waals surface area contributed by atoms with Crippen LogP contribution in [-0.2, 0) is 13.1 Å². The zero-order valence-electron chi connectivity index (χ0n) is 19.2. The molecule has 5 heterocycles. The molecule has 1 saturated heterocycles. The van der Waals surface area contributed by atoms with Gasteiger partial charge in [-0.1, -0.05) is 0 Å². The van der Waals surface area contributed by atoms with Gasteiger partial charge in [-0.05, 0) is 52.3 Å². The molecule has 1 atom stereocenters. The van der Waals surface area contributed by atoms with Crippen molar-refractivity contribution < 1.29 is 4.39 Å². The molecule has 0 amide bonds. The van der Waals surface area contributed by atoms with Crippen LogP contribution in [0.1, 0.15) is 29.9 Å². The highest BCUT2D eigenvalue weighted by atomic mass is 32.1. The normalized spacial score (nSPS) is 16.8. The van der Waals surface area contributed by atoms with Crippen molar-refractivity contribution in [3.63, 3.8) is 0 Å². The largest absolute Gasteiger partial charge is 0.306 e. The minimum atomic E-state index is -0.398. The molecular weight excluding hydrogens is 439 g/mol. The van der Waals surface area contributed by atoms with Crippen molar-refractivity contribution in [1.82, 2.24) is 39.2 Å². The first kappa shape index (κ1) is 23.3. The van der Waals surface area contributed by atoms with Crippen LogP contribution >= 0.6 is 13.5 Å². The molecule has 0 bridgehead atoms. The number of nitrogens with zero attached hydrogens (tertiary/aromatic N) is 8. The number of aromatic nitrogens is 7. The lowest BCUT2D eigenvalue weighted by Crippen LogP contribution is -2.34. The highest BCUT2D eigenvalue weighted by Crippen LogP contribution is 2.26. The second-order valence-corrected chi connectivity index (χ2v) is 8.78. The predicted octanol–water partition coefficient (Wildman–Crippen LogP) is 3.34. The minimum absolute atomic E-state index is 0. The number of pyridine rings is 1. The Balaban J connectivity index is 0.00000259. The number of imidazole rings is 1. The molecule has 1 aliphatic heterocycles. The summed E-state index contributed by atoms with van der Waals surface area (Å²) >= 11 is 0. The minimum Gasteiger partial charge on any atom is -0.306 e. The van der Waals surface area contributed by atoms with Crippen molar-refractivity contribution in [2.24, 2.45) is 5.92 Å². The van der Waals surface area contributed by atoms with E-state index < -0.39 is 5.82 Å². The quantitative estimate of drug-likeness (QED) is 0.447. The van der Waals surface area contributed by atoms with Gasteiger partial charge in [0.15, 0.2) is 5.65 Å². The van der Waals surface area contributed by atoms with Crippen LogP contribution in [0.5, 0.6) is 0 Å². The Kier molecular flexibility index (Phi) is 6.76. The average Bonchev–Trinajstić information content (AvgIpc) is 3.33. The molecule has 1 fully saturated rings.